The molecule has 2 saturated heterocycles. The van der Waals surface area contributed by atoms with Crippen LogP contribution >= 0.6 is 0 Å². The van der Waals surface area contributed by atoms with Gasteiger partial charge in [-0.2, -0.15) is 0 Å². The minimum absolute atomic E-state index is 0.177. The molecular formula is C23H23N3O5. The van der Waals surface area contributed by atoms with Crippen LogP contribution in [0.15, 0.2) is 30.3 Å². The molecule has 1 N–H and O–H groups in total. The number of anilines is 2. The second-order valence-corrected chi connectivity index (χ2v) is 8.28. The van der Waals surface area contributed by atoms with E-state index < -0.39 is 11.9 Å². The smallest absolute Gasteiger partial charge is 0.310 e. The quantitative estimate of drug-likeness (QED) is 0.602. The summed E-state index contributed by atoms with van der Waals surface area (Å²) in [6.45, 7) is 1.38. The predicted octanol–water partition coefficient (Wildman–Crippen LogP) is 1.99. The van der Waals surface area contributed by atoms with E-state index in [-0.39, 0.29) is 30.1 Å². The van der Waals surface area contributed by atoms with Gasteiger partial charge in [-0.05, 0) is 37.5 Å². The van der Waals surface area contributed by atoms with E-state index in [9.17, 15) is 19.2 Å². The van der Waals surface area contributed by atoms with Gasteiger partial charge in [0.25, 0.3) is 5.91 Å². The number of ether oxygens (including phenoxy) is 1. The fourth-order valence-corrected chi connectivity index (χ4v) is 5.06. The Kier molecular flexibility index (Phi) is 4.64. The maximum absolute atomic E-state index is 13.3. The molecule has 5 rings (SSSR count). The summed E-state index contributed by atoms with van der Waals surface area (Å²) in [6.07, 6.45) is 2.19. The van der Waals surface area contributed by atoms with Crippen LogP contribution in [-0.2, 0) is 19.1 Å². The molecule has 160 valence electrons. The highest BCUT2D eigenvalue weighted by molar-refractivity contribution is 6.28. The van der Waals surface area contributed by atoms with Gasteiger partial charge in [0.15, 0.2) is 0 Å². The molecule has 0 saturated carbocycles. The first-order valence-corrected chi connectivity index (χ1v) is 10.6. The SMILES string of the molecule is COC(=O)C1CCCN(c2ccc3c4c(cccc24)N(C2CCC(=O)NC2=O)C3=O)C1. The highest BCUT2D eigenvalue weighted by atomic mass is 16.5. The van der Waals surface area contributed by atoms with Crippen LogP contribution in [0.4, 0.5) is 11.4 Å². The zero-order valence-corrected chi connectivity index (χ0v) is 17.2. The molecule has 2 unspecified atom stereocenters. The molecule has 2 fully saturated rings. The molecule has 0 aliphatic carbocycles. The fraction of sp³-hybridized carbons (Fsp3) is 0.391. The zero-order chi connectivity index (χ0) is 21.7. The second-order valence-electron chi connectivity index (χ2n) is 8.28. The van der Waals surface area contributed by atoms with E-state index in [1.165, 1.54) is 12.0 Å². The Balaban J connectivity index is 1.55. The number of esters is 1. The lowest BCUT2D eigenvalue weighted by Gasteiger charge is -2.34. The number of methoxy groups -OCH3 is 1. The van der Waals surface area contributed by atoms with Gasteiger partial charge in [-0.1, -0.05) is 12.1 Å². The average Bonchev–Trinajstić information content (AvgIpc) is 3.07. The third kappa shape index (κ3) is 3.05. The molecule has 3 aliphatic rings. The Labute approximate surface area is 179 Å². The van der Waals surface area contributed by atoms with Gasteiger partial charge < -0.3 is 9.64 Å². The Bertz CT molecular complexity index is 1130. The van der Waals surface area contributed by atoms with Crippen molar-refractivity contribution in [3.05, 3.63) is 35.9 Å². The molecule has 3 aliphatic heterocycles. The summed E-state index contributed by atoms with van der Waals surface area (Å²) in [5.74, 6) is -1.35. The van der Waals surface area contributed by atoms with Crippen LogP contribution in [0.25, 0.3) is 10.8 Å². The number of hydrogen-bond donors (Lipinski definition) is 1. The van der Waals surface area contributed by atoms with E-state index in [1.54, 1.807) is 6.07 Å². The van der Waals surface area contributed by atoms with Crippen molar-refractivity contribution in [3.8, 4) is 0 Å². The summed E-state index contributed by atoms with van der Waals surface area (Å²) >= 11 is 0. The fourth-order valence-electron chi connectivity index (χ4n) is 5.06. The summed E-state index contributed by atoms with van der Waals surface area (Å²) in [6, 6.07) is 8.72. The number of hydrogen-bond acceptors (Lipinski definition) is 6. The summed E-state index contributed by atoms with van der Waals surface area (Å²) in [7, 11) is 1.41. The van der Waals surface area contributed by atoms with Crippen LogP contribution in [0.5, 0.6) is 0 Å². The number of imide groups is 1. The van der Waals surface area contributed by atoms with Crippen molar-refractivity contribution in [1.82, 2.24) is 5.32 Å². The van der Waals surface area contributed by atoms with Gasteiger partial charge in [-0.3, -0.25) is 29.4 Å². The van der Waals surface area contributed by atoms with E-state index in [2.05, 4.69) is 10.2 Å². The molecule has 0 radical (unpaired) electrons. The molecule has 0 aromatic heterocycles. The minimum atomic E-state index is -0.703. The normalized spacial score (nSPS) is 23.3. The Morgan fingerprint density at radius 3 is 2.71 bits per heavy atom. The topological polar surface area (TPSA) is 96.0 Å². The van der Waals surface area contributed by atoms with E-state index >= 15 is 0 Å². The average molecular weight is 421 g/mol. The highest BCUT2D eigenvalue weighted by Crippen LogP contribution is 2.43. The molecule has 8 nitrogen and oxygen atoms in total. The van der Waals surface area contributed by atoms with Crippen LogP contribution in [0.1, 0.15) is 36.0 Å². The Morgan fingerprint density at radius 1 is 1.10 bits per heavy atom. The largest absolute Gasteiger partial charge is 0.469 e. The van der Waals surface area contributed by atoms with Gasteiger partial charge in [0, 0.05) is 36.0 Å². The third-order valence-electron chi connectivity index (χ3n) is 6.52. The number of rotatable bonds is 3. The van der Waals surface area contributed by atoms with Crippen LogP contribution in [-0.4, -0.2) is 49.9 Å². The molecule has 0 spiro atoms. The monoisotopic (exact) mass is 421 g/mol. The number of carbonyl (C=O) groups is 4. The van der Waals surface area contributed by atoms with Crippen LogP contribution < -0.4 is 15.1 Å². The molecular weight excluding hydrogens is 398 g/mol. The lowest BCUT2D eigenvalue weighted by molar-refractivity contribution is -0.145. The molecule has 3 heterocycles. The van der Waals surface area contributed by atoms with Crippen molar-refractivity contribution in [2.24, 2.45) is 5.92 Å². The van der Waals surface area contributed by atoms with Gasteiger partial charge in [0.2, 0.25) is 11.8 Å². The lowest BCUT2D eigenvalue weighted by atomic mass is 9.96. The van der Waals surface area contributed by atoms with Gasteiger partial charge >= 0.3 is 5.97 Å². The van der Waals surface area contributed by atoms with E-state index in [4.69, 9.17) is 4.74 Å². The van der Waals surface area contributed by atoms with Gasteiger partial charge in [0.1, 0.15) is 6.04 Å². The number of nitrogens with one attached hydrogen (secondary N) is 1. The molecule has 2 atom stereocenters. The van der Waals surface area contributed by atoms with Gasteiger partial charge in [-0.15, -0.1) is 0 Å². The third-order valence-corrected chi connectivity index (χ3v) is 6.52. The Morgan fingerprint density at radius 2 is 1.94 bits per heavy atom. The van der Waals surface area contributed by atoms with Crippen molar-refractivity contribution in [1.29, 1.82) is 0 Å². The predicted molar refractivity (Wildman–Crippen MR) is 114 cm³/mol. The minimum Gasteiger partial charge on any atom is -0.469 e. The number of amides is 3. The van der Waals surface area contributed by atoms with E-state index in [0.717, 1.165) is 35.8 Å². The highest BCUT2D eigenvalue weighted by Gasteiger charge is 2.41. The van der Waals surface area contributed by atoms with Gasteiger partial charge in [-0.25, -0.2) is 0 Å². The van der Waals surface area contributed by atoms with Crippen LogP contribution in [0, 0.1) is 5.92 Å². The van der Waals surface area contributed by atoms with Crippen molar-refractivity contribution in [3.63, 3.8) is 0 Å². The number of piperidine rings is 2. The van der Waals surface area contributed by atoms with Crippen molar-refractivity contribution in [2.45, 2.75) is 31.7 Å². The molecule has 2 aromatic rings. The first-order chi connectivity index (χ1) is 15.0. The van der Waals surface area contributed by atoms with E-state index in [0.29, 0.717) is 24.2 Å². The number of benzene rings is 2. The Hall–Kier alpha value is -3.42. The molecule has 31 heavy (non-hydrogen) atoms. The van der Waals surface area contributed by atoms with Crippen LogP contribution in [0.2, 0.25) is 0 Å². The number of carbonyl (C=O) groups excluding carboxylic acids is 4. The summed E-state index contributed by atoms with van der Waals surface area (Å²) in [4.78, 5) is 53.1. The second kappa shape index (κ2) is 7.37. The summed E-state index contributed by atoms with van der Waals surface area (Å²) in [5, 5.41) is 4.08. The first-order valence-electron chi connectivity index (χ1n) is 10.6. The molecule has 3 amide bonds. The van der Waals surface area contributed by atoms with Crippen LogP contribution in [0.3, 0.4) is 0 Å². The van der Waals surface area contributed by atoms with E-state index in [1.807, 2.05) is 24.3 Å². The van der Waals surface area contributed by atoms with Crippen molar-refractivity contribution < 1.29 is 23.9 Å². The molecule has 8 heteroatoms. The zero-order valence-electron chi connectivity index (χ0n) is 17.2. The summed E-state index contributed by atoms with van der Waals surface area (Å²) < 4.78 is 4.94. The maximum atomic E-state index is 13.3. The molecule has 0 bridgehead atoms. The molecule has 2 aromatic carbocycles. The maximum Gasteiger partial charge on any atom is 0.310 e. The van der Waals surface area contributed by atoms with Crippen molar-refractivity contribution >= 4 is 45.8 Å². The number of nitrogens with zero attached hydrogens (tertiary/aromatic N) is 2. The first kappa shape index (κ1) is 19.5. The standard InChI is InChI=1S/C23H23N3O5/c1-31-23(30)13-4-3-11-25(12-13)16-8-7-15-20-14(16)5-2-6-17(20)26(22(15)29)18-9-10-19(27)24-21(18)28/h2,5-8,13,18H,3-4,9-12H2,1H3,(H,24,27,28). The summed E-state index contributed by atoms with van der Waals surface area (Å²) in [5.41, 5.74) is 2.21. The van der Waals surface area contributed by atoms with Gasteiger partial charge in [0.05, 0.1) is 24.3 Å². The van der Waals surface area contributed by atoms with Crippen molar-refractivity contribution in [2.75, 3.05) is 30.0 Å². The lowest BCUT2D eigenvalue weighted by Crippen LogP contribution is -2.53.